The largest absolute Gasteiger partial charge is 0.321 e. The molecule has 1 rings (SSSR count). The van der Waals surface area contributed by atoms with Crippen molar-refractivity contribution in [3.63, 3.8) is 0 Å². The quantitative estimate of drug-likeness (QED) is 0.485. The molecule has 0 spiro atoms. The van der Waals surface area contributed by atoms with E-state index in [4.69, 9.17) is 12.2 Å². The van der Waals surface area contributed by atoms with Crippen LogP contribution in [0.5, 0.6) is 0 Å². The molecule has 1 N–H and O–H groups in total. The van der Waals surface area contributed by atoms with Crippen LogP contribution in [-0.4, -0.2) is 17.3 Å². The van der Waals surface area contributed by atoms with Gasteiger partial charge in [-0.1, -0.05) is 44.4 Å². The van der Waals surface area contributed by atoms with Crippen LogP contribution in [0.2, 0.25) is 0 Å². The lowest BCUT2D eigenvalue weighted by atomic mass is 10.2. The van der Waals surface area contributed by atoms with Crippen molar-refractivity contribution in [3.05, 3.63) is 30.3 Å². The van der Waals surface area contributed by atoms with E-state index in [1.54, 1.807) is 0 Å². The second-order valence-electron chi connectivity index (χ2n) is 4.59. The van der Waals surface area contributed by atoms with Gasteiger partial charge in [0.15, 0.2) is 5.11 Å². The first kappa shape index (κ1) is 17.0. The molecule has 5 heteroatoms. The van der Waals surface area contributed by atoms with E-state index in [0.717, 1.165) is 30.5 Å². The third-order valence-electron chi connectivity index (χ3n) is 2.93. The van der Waals surface area contributed by atoms with Gasteiger partial charge in [0.25, 0.3) is 0 Å². The van der Waals surface area contributed by atoms with Crippen molar-refractivity contribution in [1.29, 1.82) is 0 Å². The van der Waals surface area contributed by atoms with E-state index in [-0.39, 0.29) is 5.12 Å². The highest BCUT2D eigenvalue weighted by Gasteiger charge is 2.09. The predicted octanol–water partition coefficient (Wildman–Crippen LogP) is 4.14. The standard InChI is InChI=1S/C15H22N2OS2/c1-3-4-5-9-12-14(18)20-16-15(19)17(2)13-10-7-6-8-11-13/h6-8,10-11H,3-5,9,12H2,1-2H3,(H,16,19). The van der Waals surface area contributed by atoms with Crippen molar-refractivity contribution >= 4 is 40.1 Å². The van der Waals surface area contributed by atoms with Gasteiger partial charge in [-0.25, -0.2) is 0 Å². The first-order chi connectivity index (χ1) is 9.65. The van der Waals surface area contributed by atoms with Crippen molar-refractivity contribution < 1.29 is 4.79 Å². The van der Waals surface area contributed by atoms with Crippen LogP contribution >= 0.6 is 24.2 Å². The topological polar surface area (TPSA) is 32.3 Å². The molecular weight excluding hydrogens is 288 g/mol. The summed E-state index contributed by atoms with van der Waals surface area (Å²) in [4.78, 5) is 13.5. The number of anilines is 1. The number of carbonyl (C=O) groups excluding carboxylic acids is 1. The molecule has 0 heterocycles. The second kappa shape index (κ2) is 9.77. The number of hydrogen-bond donors (Lipinski definition) is 1. The average molecular weight is 310 g/mol. The van der Waals surface area contributed by atoms with Gasteiger partial charge in [0.05, 0.1) is 0 Å². The van der Waals surface area contributed by atoms with Crippen molar-refractivity contribution in [3.8, 4) is 0 Å². The fourth-order valence-corrected chi connectivity index (χ4v) is 2.50. The number of para-hydroxylation sites is 1. The normalized spacial score (nSPS) is 10.1. The summed E-state index contributed by atoms with van der Waals surface area (Å²) in [6, 6.07) is 9.83. The van der Waals surface area contributed by atoms with Crippen molar-refractivity contribution in [2.45, 2.75) is 39.0 Å². The number of unbranched alkanes of at least 4 members (excludes halogenated alkanes) is 3. The van der Waals surface area contributed by atoms with Crippen LogP contribution in [0.25, 0.3) is 0 Å². The second-order valence-corrected chi connectivity index (χ2v) is 5.84. The molecule has 0 unspecified atom stereocenters. The smallest absolute Gasteiger partial charge is 0.209 e. The van der Waals surface area contributed by atoms with Crippen LogP contribution < -0.4 is 9.62 Å². The summed E-state index contributed by atoms with van der Waals surface area (Å²) in [6.45, 7) is 2.16. The number of hydrogen-bond acceptors (Lipinski definition) is 3. The van der Waals surface area contributed by atoms with Crippen molar-refractivity contribution in [2.75, 3.05) is 11.9 Å². The fourth-order valence-electron chi connectivity index (χ4n) is 1.69. The summed E-state index contributed by atoms with van der Waals surface area (Å²) >= 11 is 6.37. The lowest BCUT2D eigenvalue weighted by molar-refractivity contribution is -0.111. The average Bonchev–Trinajstić information content (AvgIpc) is 2.49. The predicted molar refractivity (Wildman–Crippen MR) is 91.9 cm³/mol. The van der Waals surface area contributed by atoms with Crippen LogP contribution in [0.1, 0.15) is 39.0 Å². The Balaban J connectivity index is 2.27. The van der Waals surface area contributed by atoms with E-state index < -0.39 is 0 Å². The Kier molecular flexibility index (Phi) is 8.30. The summed E-state index contributed by atoms with van der Waals surface area (Å²) in [7, 11) is 1.89. The van der Waals surface area contributed by atoms with Gasteiger partial charge >= 0.3 is 0 Å². The van der Waals surface area contributed by atoms with E-state index in [1.165, 1.54) is 12.8 Å². The molecule has 0 aliphatic rings. The number of carbonyl (C=O) groups is 1. The minimum atomic E-state index is 0.143. The fraction of sp³-hybridized carbons (Fsp3) is 0.467. The Morgan fingerprint density at radius 1 is 1.25 bits per heavy atom. The molecule has 0 radical (unpaired) electrons. The Morgan fingerprint density at radius 2 is 1.95 bits per heavy atom. The first-order valence-electron chi connectivity index (χ1n) is 6.93. The zero-order chi connectivity index (χ0) is 14.8. The highest BCUT2D eigenvalue weighted by atomic mass is 32.2. The van der Waals surface area contributed by atoms with Gasteiger partial charge < -0.3 is 4.90 Å². The van der Waals surface area contributed by atoms with Crippen LogP contribution in [-0.2, 0) is 4.79 Å². The Labute approximate surface area is 131 Å². The van der Waals surface area contributed by atoms with Gasteiger partial charge in [-0.15, -0.1) is 0 Å². The number of rotatable bonds is 6. The highest BCUT2D eigenvalue weighted by Crippen LogP contribution is 2.13. The Bertz CT molecular complexity index is 423. The van der Waals surface area contributed by atoms with E-state index in [1.807, 2.05) is 42.3 Å². The number of thiocarbonyl (C=S) groups is 1. The maximum Gasteiger partial charge on any atom is 0.209 e. The summed E-state index contributed by atoms with van der Waals surface area (Å²) < 4.78 is 2.95. The molecule has 0 aliphatic carbocycles. The molecule has 0 bridgehead atoms. The van der Waals surface area contributed by atoms with E-state index >= 15 is 0 Å². The molecule has 20 heavy (non-hydrogen) atoms. The maximum absolute atomic E-state index is 11.7. The summed E-state index contributed by atoms with van der Waals surface area (Å²) in [5.74, 6) is 0. The third kappa shape index (κ3) is 6.39. The molecule has 3 nitrogen and oxygen atoms in total. The molecule has 0 amide bonds. The molecule has 1 aromatic rings. The van der Waals surface area contributed by atoms with Crippen LogP contribution in [0.15, 0.2) is 30.3 Å². The van der Waals surface area contributed by atoms with E-state index in [2.05, 4.69) is 11.6 Å². The van der Waals surface area contributed by atoms with Gasteiger partial charge in [0.1, 0.15) is 0 Å². The molecule has 0 aliphatic heterocycles. The highest BCUT2D eigenvalue weighted by molar-refractivity contribution is 8.12. The van der Waals surface area contributed by atoms with Crippen LogP contribution in [0, 0.1) is 0 Å². The maximum atomic E-state index is 11.7. The van der Waals surface area contributed by atoms with Gasteiger partial charge in [-0.05, 0) is 30.8 Å². The zero-order valence-electron chi connectivity index (χ0n) is 12.1. The first-order valence-corrected chi connectivity index (χ1v) is 8.16. The minimum Gasteiger partial charge on any atom is -0.321 e. The summed E-state index contributed by atoms with van der Waals surface area (Å²) in [5.41, 5.74) is 1.00. The summed E-state index contributed by atoms with van der Waals surface area (Å²) in [6.07, 6.45) is 5.07. The SMILES string of the molecule is CCCCCCC(=O)SNC(=S)N(C)c1ccccc1. The van der Waals surface area contributed by atoms with Gasteiger partial charge in [-0.2, -0.15) is 0 Å². The van der Waals surface area contributed by atoms with Crippen molar-refractivity contribution in [2.24, 2.45) is 0 Å². The van der Waals surface area contributed by atoms with Crippen molar-refractivity contribution in [1.82, 2.24) is 4.72 Å². The molecule has 0 aromatic heterocycles. The molecule has 0 saturated heterocycles. The minimum absolute atomic E-state index is 0.143. The lowest BCUT2D eigenvalue weighted by Gasteiger charge is -2.20. The number of nitrogens with one attached hydrogen (secondary N) is 1. The van der Waals surface area contributed by atoms with Gasteiger partial charge in [0, 0.05) is 31.1 Å². The summed E-state index contributed by atoms with van der Waals surface area (Å²) in [5, 5.41) is 0.688. The van der Waals surface area contributed by atoms with Gasteiger partial charge in [0.2, 0.25) is 5.12 Å². The molecular formula is C15H22N2OS2. The number of benzene rings is 1. The Morgan fingerprint density at radius 3 is 2.60 bits per heavy atom. The third-order valence-corrected chi connectivity index (χ3v) is 4.17. The lowest BCUT2D eigenvalue weighted by Crippen LogP contribution is -2.33. The Hall–Kier alpha value is -1.07. The monoisotopic (exact) mass is 310 g/mol. The molecule has 0 saturated carbocycles. The molecule has 0 fully saturated rings. The van der Waals surface area contributed by atoms with E-state index in [9.17, 15) is 4.79 Å². The zero-order valence-corrected chi connectivity index (χ0v) is 13.7. The molecule has 0 atom stereocenters. The van der Waals surface area contributed by atoms with Crippen LogP contribution in [0.4, 0.5) is 5.69 Å². The number of nitrogens with zero attached hydrogens (tertiary/aromatic N) is 1. The molecule has 1 aromatic carbocycles. The van der Waals surface area contributed by atoms with E-state index in [0.29, 0.717) is 11.5 Å². The van der Waals surface area contributed by atoms with Gasteiger partial charge in [-0.3, -0.25) is 9.52 Å². The molecule has 110 valence electrons. The van der Waals surface area contributed by atoms with Crippen LogP contribution in [0.3, 0.4) is 0 Å².